The summed E-state index contributed by atoms with van der Waals surface area (Å²) in [5.41, 5.74) is 8.03. The summed E-state index contributed by atoms with van der Waals surface area (Å²) in [6.45, 7) is 10.5. The summed E-state index contributed by atoms with van der Waals surface area (Å²) in [5, 5.41) is 0. The molecule has 0 atom stereocenters. The van der Waals surface area contributed by atoms with Crippen LogP contribution in [0.1, 0.15) is 38.8 Å². The third-order valence-electron chi connectivity index (χ3n) is 5.81. The number of hydrogen-bond acceptors (Lipinski definition) is 5. The van der Waals surface area contributed by atoms with Crippen molar-refractivity contribution in [1.29, 1.82) is 0 Å². The van der Waals surface area contributed by atoms with Gasteiger partial charge in [0.1, 0.15) is 5.82 Å². The Morgan fingerprint density at radius 2 is 1.63 bits per heavy atom. The van der Waals surface area contributed by atoms with Crippen LogP contribution in [0.15, 0.2) is 64.2 Å². The van der Waals surface area contributed by atoms with E-state index in [0.717, 1.165) is 16.8 Å². The number of hydrogen-bond donors (Lipinski definition) is 2. The Bertz CT molecular complexity index is 1260. The minimum Gasteiger partial charge on any atom is -0.383 e. The summed E-state index contributed by atoms with van der Waals surface area (Å²) < 4.78 is 1.30. The molecule has 1 heterocycles. The second kappa shape index (κ2) is 11.1. The van der Waals surface area contributed by atoms with Crippen molar-refractivity contribution in [3.05, 3.63) is 86.6 Å². The minimum atomic E-state index is -0.669. The van der Waals surface area contributed by atoms with E-state index >= 15 is 0 Å². The maximum Gasteiger partial charge on any atom is 0.330 e. The number of aromatic amines is 1. The molecule has 0 aliphatic heterocycles. The first kappa shape index (κ1) is 25.8. The molecule has 3 rings (SSSR count). The summed E-state index contributed by atoms with van der Waals surface area (Å²) in [6, 6.07) is 17.4. The molecule has 0 saturated carbocycles. The number of anilines is 3. The highest BCUT2D eigenvalue weighted by atomic mass is 16.2. The number of benzene rings is 2. The van der Waals surface area contributed by atoms with Crippen molar-refractivity contribution in [3.63, 3.8) is 0 Å². The van der Waals surface area contributed by atoms with Gasteiger partial charge in [0.2, 0.25) is 5.91 Å². The highest BCUT2D eigenvalue weighted by Gasteiger charge is 2.27. The van der Waals surface area contributed by atoms with E-state index in [1.807, 2.05) is 94.1 Å². The molecule has 186 valence electrons. The van der Waals surface area contributed by atoms with Gasteiger partial charge in [0.25, 0.3) is 5.56 Å². The molecule has 0 fully saturated rings. The summed E-state index contributed by atoms with van der Waals surface area (Å²) in [4.78, 5) is 45.0. The Hall–Kier alpha value is -3.81. The van der Waals surface area contributed by atoms with E-state index in [2.05, 4.69) is 4.98 Å². The molecule has 0 radical (unpaired) electrons. The molecule has 3 N–H and O–H groups in total. The first-order valence-electron chi connectivity index (χ1n) is 11.9. The van der Waals surface area contributed by atoms with Crippen molar-refractivity contribution < 1.29 is 4.79 Å². The van der Waals surface area contributed by atoms with Gasteiger partial charge in [-0.3, -0.25) is 19.1 Å². The van der Waals surface area contributed by atoms with Crippen molar-refractivity contribution in [2.45, 2.75) is 47.2 Å². The minimum absolute atomic E-state index is 0.00634. The predicted molar refractivity (Wildman–Crippen MR) is 142 cm³/mol. The first-order valence-corrected chi connectivity index (χ1v) is 11.9. The maximum atomic E-state index is 13.7. The van der Waals surface area contributed by atoms with Crippen LogP contribution in [0.25, 0.3) is 0 Å². The van der Waals surface area contributed by atoms with Crippen LogP contribution in [0.2, 0.25) is 0 Å². The lowest BCUT2D eigenvalue weighted by atomic mass is 10.1. The predicted octanol–water partition coefficient (Wildman–Crippen LogP) is 3.38. The van der Waals surface area contributed by atoms with Crippen LogP contribution in [-0.4, -0.2) is 34.6 Å². The highest BCUT2D eigenvalue weighted by molar-refractivity contribution is 5.98. The number of nitrogen functional groups attached to an aromatic ring is 1. The molecule has 2 aromatic carbocycles. The summed E-state index contributed by atoms with van der Waals surface area (Å²) >= 11 is 0. The fourth-order valence-electron chi connectivity index (χ4n) is 3.98. The summed E-state index contributed by atoms with van der Waals surface area (Å²) in [7, 11) is 0. The van der Waals surface area contributed by atoms with Crippen LogP contribution in [0.4, 0.5) is 17.2 Å². The number of nitrogens with one attached hydrogen (secondary N) is 1. The zero-order chi connectivity index (χ0) is 25.7. The molecule has 0 spiro atoms. The normalized spacial score (nSPS) is 11.2. The molecule has 35 heavy (non-hydrogen) atoms. The van der Waals surface area contributed by atoms with E-state index < -0.39 is 11.2 Å². The topological polar surface area (TPSA) is 104 Å². The first-order chi connectivity index (χ1) is 16.6. The number of carbonyl (C=O) groups is 1. The van der Waals surface area contributed by atoms with Crippen molar-refractivity contribution in [3.8, 4) is 0 Å². The van der Waals surface area contributed by atoms with E-state index in [1.165, 1.54) is 9.47 Å². The number of carbonyl (C=O) groups excluding carboxylic acids is 1. The Balaban J connectivity index is 2.03. The maximum absolute atomic E-state index is 13.7. The Morgan fingerprint density at radius 3 is 2.20 bits per heavy atom. The average molecular weight is 478 g/mol. The molecule has 1 amide bonds. The molecule has 8 heteroatoms. The van der Waals surface area contributed by atoms with Crippen LogP contribution in [0.5, 0.6) is 0 Å². The van der Waals surface area contributed by atoms with Crippen molar-refractivity contribution in [2.75, 3.05) is 28.6 Å². The Morgan fingerprint density at radius 1 is 1.00 bits per heavy atom. The van der Waals surface area contributed by atoms with Gasteiger partial charge in [-0.05, 0) is 44.4 Å². The lowest BCUT2D eigenvalue weighted by Crippen LogP contribution is -2.48. The standard InChI is InChI=1S/C27H35N5O3/c1-18(2)15-31(23(33)17-30(19(3)4)22-13-11-20(5)12-14-22)24-25(28)32(27(35)29-26(24)34)16-21-9-7-6-8-10-21/h6-14,18-19H,15-17,28H2,1-5H3,(H,29,34,35). The van der Waals surface area contributed by atoms with Crippen LogP contribution in [0, 0.1) is 12.8 Å². The summed E-state index contributed by atoms with van der Waals surface area (Å²) in [5.74, 6) is -0.225. The van der Waals surface area contributed by atoms with Crippen molar-refractivity contribution in [2.24, 2.45) is 5.92 Å². The molecular formula is C27H35N5O3. The zero-order valence-corrected chi connectivity index (χ0v) is 21.1. The van der Waals surface area contributed by atoms with Crippen LogP contribution in [0.3, 0.4) is 0 Å². The number of amides is 1. The number of aromatic nitrogens is 2. The van der Waals surface area contributed by atoms with Gasteiger partial charge in [-0.2, -0.15) is 0 Å². The smallest absolute Gasteiger partial charge is 0.330 e. The Labute approximate surface area is 206 Å². The number of nitrogens with zero attached hydrogens (tertiary/aromatic N) is 3. The lowest BCUT2D eigenvalue weighted by molar-refractivity contribution is -0.117. The van der Waals surface area contributed by atoms with Gasteiger partial charge in [0, 0.05) is 18.3 Å². The van der Waals surface area contributed by atoms with E-state index in [9.17, 15) is 14.4 Å². The zero-order valence-electron chi connectivity index (χ0n) is 21.1. The number of nitrogens with two attached hydrogens (primary N) is 1. The van der Waals surface area contributed by atoms with Crippen molar-refractivity contribution >= 4 is 23.1 Å². The van der Waals surface area contributed by atoms with Gasteiger partial charge in [0.15, 0.2) is 5.69 Å². The SMILES string of the molecule is Cc1ccc(N(CC(=O)N(CC(C)C)c2c(N)n(Cc3ccccc3)c(=O)[nH]c2=O)C(C)C)cc1. The van der Waals surface area contributed by atoms with Gasteiger partial charge in [0.05, 0.1) is 13.1 Å². The molecule has 1 aromatic heterocycles. The monoisotopic (exact) mass is 477 g/mol. The molecule has 0 aliphatic carbocycles. The van der Waals surface area contributed by atoms with E-state index in [-0.39, 0.29) is 49.0 Å². The van der Waals surface area contributed by atoms with Gasteiger partial charge in [-0.15, -0.1) is 0 Å². The molecule has 0 saturated heterocycles. The third kappa shape index (κ3) is 6.20. The molecule has 0 bridgehead atoms. The van der Waals surface area contributed by atoms with E-state index in [0.29, 0.717) is 0 Å². The second-order valence-corrected chi connectivity index (χ2v) is 9.52. The van der Waals surface area contributed by atoms with E-state index in [1.54, 1.807) is 0 Å². The van der Waals surface area contributed by atoms with Crippen LogP contribution >= 0.6 is 0 Å². The van der Waals surface area contributed by atoms with Crippen LogP contribution in [-0.2, 0) is 11.3 Å². The largest absolute Gasteiger partial charge is 0.383 e. The summed E-state index contributed by atoms with van der Waals surface area (Å²) in [6.07, 6.45) is 0. The van der Waals surface area contributed by atoms with Crippen LogP contribution < -0.4 is 26.8 Å². The average Bonchev–Trinajstić information content (AvgIpc) is 2.80. The number of rotatable bonds is 9. The number of aryl methyl sites for hydroxylation is 1. The Kier molecular flexibility index (Phi) is 8.17. The molecular weight excluding hydrogens is 442 g/mol. The van der Waals surface area contributed by atoms with E-state index in [4.69, 9.17) is 5.73 Å². The quantitative estimate of drug-likeness (QED) is 0.492. The van der Waals surface area contributed by atoms with Gasteiger partial charge in [-0.1, -0.05) is 61.9 Å². The molecule has 8 nitrogen and oxygen atoms in total. The second-order valence-electron chi connectivity index (χ2n) is 9.52. The molecule has 3 aromatic rings. The fourth-order valence-corrected chi connectivity index (χ4v) is 3.98. The third-order valence-corrected chi connectivity index (χ3v) is 5.81. The fraction of sp³-hybridized carbons (Fsp3) is 0.370. The van der Waals surface area contributed by atoms with Crippen molar-refractivity contribution in [1.82, 2.24) is 9.55 Å². The molecule has 0 unspecified atom stereocenters. The van der Waals surface area contributed by atoms with Gasteiger partial charge >= 0.3 is 5.69 Å². The number of H-pyrrole nitrogens is 1. The highest BCUT2D eigenvalue weighted by Crippen LogP contribution is 2.22. The van der Waals surface area contributed by atoms with Gasteiger partial charge in [-0.25, -0.2) is 4.79 Å². The molecule has 0 aliphatic rings. The lowest BCUT2D eigenvalue weighted by Gasteiger charge is -2.32. The van der Waals surface area contributed by atoms with Gasteiger partial charge < -0.3 is 15.5 Å².